The molecule has 90 valence electrons. The molecule has 17 heavy (non-hydrogen) atoms. The molecule has 0 aliphatic rings. The molecule has 0 atom stereocenters. The highest BCUT2D eigenvalue weighted by Gasteiger charge is 2.04. The Labute approximate surface area is 109 Å². The summed E-state index contributed by atoms with van der Waals surface area (Å²) < 4.78 is 0. The molecule has 0 saturated carbocycles. The Balaban J connectivity index is 1.95. The number of aromatic nitrogens is 2. The number of thiazole rings is 1. The molecular weight excluding hydrogens is 250 g/mol. The van der Waals surface area contributed by atoms with Gasteiger partial charge in [0, 0.05) is 22.2 Å². The maximum Gasteiger partial charge on any atom is 0.0928 e. The summed E-state index contributed by atoms with van der Waals surface area (Å²) in [5.41, 5.74) is 7.71. The van der Waals surface area contributed by atoms with Gasteiger partial charge in [-0.2, -0.15) is 0 Å². The Morgan fingerprint density at radius 2 is 2.35 bits per heavy atom. The van der Waals surface area contributed by atoms with Crippen LogP contribution in [0.2, 0.25) is 0 Å². The molecule has 2 aromatic heterocycles. The molecule has 3 nitrogen and oxygen atoms in total. The highest BCUT2D eigenvalue weighted by molar-refractivity contribution is 7.98. The number of hydrogen-bond acceptors (Lipinski definition) is 5. The third-order valence-corrected chi connectivity index (χ3v) is 4.33. The van der Waals surface area contributed by atoms with Gasteiger partial charge in [-0.3, -0.25) is 4.98 Å². The highest BCUT2D eigenvalue weighted by Crippen LogP contribution is 2.27. The van der Waals surface area contributed by atoms with E-state index in [2.05, 4.69) is 22.3 Å². The minimum absolute atomic E-state index is 0.738. The summed E-state index contributed by atoms with van der Waals surface area (Å²) in [5.74, 6) is 0.869. The molecule has 5 heteroatoms. The van der Waals surface area contributed by atoms with Crippen molar-refractivity contribution in [1.29, 1.82) is 0 Å². The number of anilines is 1. The summed E-state index contributed by atoms with van der Waals surface area (Å²) in [5, 5.41) is 3.36. The minimum Gasteiger partial charge on any atom is -0.397 e. The lowest BCUT2D eigenvalue weighted by Gasteiger charge is -2.02. The fourth-order valence-corrected chi connectivity index (χ4v) is 3.25. The van der Waals surface area contributed by atoms with Crippen LogP contribution in [0.15, 0.2) is 28.7 Å². The quantitative estimate of drug-likeness (QED) is 0.842. The van der Waals surface area contributed by atoms with E-state index in [1.807, 2.05) is 6.07 Å². The van der Waals surface area contributed by atoms with Gasteiger partial charge in [0.15, 0.2) is 0 Å². The van der Waals surface area contributed by atoms with Crippen molar-refractivity contribution in [1.82, 2.24) is 9.97 Å². The molecule has 0 bridgehead atoms. The maximum atomic E-state index is 5.84. The molecular formula is C12H15N3S2. The highest BCUT2D eigenvalue weighted by atomic mass is 32.2. The van der Waals surface area contributed by atoms with Crippen molar-refractivity contribution in [3.05, 3.63) is 34.5 Å². The second-order valence-corrected chi connectivity index (χ2v) is 5.64. The molecule has 2 N–H and O–H groups in total. The van der Waals surface area contributed by atoms with Crippen LogP contribution in [-0.4, -0.2) is 9.97 Å². The fraction of sp³-hybridized carbons (Fsp3) is 0.333. The van der Waals surface area contributed by atoms with Crippen molar-refractivity contribution in [2.24, 2.45) is 0 Å². The Hall–Kier alpha value is -1.07. The van der Waals surface area contributed by atoms with Crippen LogP contribution in [0, 0.1) is 0 Å². The predicted molar refractivity (Wildman–Crippen MR) is 74.3 cm³/mol. The average Bonchev–Trinajstić information content (AvgIpc) is 2.76. The largest absolute Gasteiger partial charge is 0.397 e. The van der Waals surface area contributed by atoms with Crippen LogP contribution in [0.25, 0.3) is 0 Å². The Morgan fingerprint density at radius 1 is 1.47 bits per heavy atom. The topological polar surface area (TPSA) is 51.8 Å². The number of nitrogen functional groups attached to an aromatic ring is 1. The van der Waals surface area contributed by atoms with E-state index in [-0.39, 0.29) is 0 Å². The van der Waals surface area contributed by atoms with Crippen molar-refractivity contribution >= 4 is 28.8 Å². The third-order valence-electron chi connectivity index (χ3n) is 2.25. The lowest BCUT2D eigenvalue weighted by molar-refractivity contribution is 0.902. The number of nitrogens with zero attached hydrogens (tertiary/aromatic N) is 2. The van der Waals surface area contributed by atoms with Gasteiger partial charge in [-0.1, -0.05) is 6.92 Å². The smallest absolute Gasteiger partial charge is 0.0928 e. The van der Waals surface area contributed by atoms with E-state index in [9.17, 15) is 0 Å². The van der Waals surface area contributed by atoms with E-state index in [0.717, 1.165) is 34.9 Å². The number of aryl methyl sites for hydroxylation is 1. The van der Waals surface area contributed by atoms with Crippen molar-refractivity contribution < 1.29 is 0 Å². The first-order valence-corrected chi connectivity index (χ1v) is 7.41. The number of pyridine rings is 1. The van der Waals surface area contributed by atoms with Gasteiger partial charge in [-0.05, 0) is 18.9 Å². The number of nitrogens with two attached hydrogens (primary N) is 1. The van der Waals surface area contributed by atoms with E-state index in [1.165, 1.54) is 5.01 Å². The SMILES string of the molecule is CCCc1nc(CSc2ccncc2N)cs1. The third kappa shape index (κ3) is 3.44. The first kappa shape index (κ1) is 12.4. The summed E-state index contributed by atoms with van der Waals surface area (Å²) in [6.45, 7) is 2.17. The van der Waals surface area contributed by atoms with Gasteiger partial charge in [-0.25, -0.2) is 4.98 Å². The lowest BCUT2D eigenvalue weighted by Crippen LogP contribution is -1.90. The molecule has 0 unspecified atom stereocenters. The number of thioether (sulfide) groups is 1. The van der Waals surface area contributed by atoms with E-state index < -0.39 is 0 Å². The second-order valence-electron chi connectivity index (χ2n) is 3.68. The molecule has 0 amide bonds. The van der Waals surface area contributed by atoms with E-state index in [4.69, 9.17) is 5.73 Å². The van der Waals surface area contributed by atoms with Crippen molar-refractivity contribution in [2.45, 2.75) is 30.4 Å². The second kappa shape index (κ2) is 6.02. The molecule has 0 aliphatic heterocycles. The normalized spacial score (nSPS) is 10.6. The zero-order valence-corrected chi connectivity index (χ0v) is 11.4. The van der Waals surface area contributed by atoms with Crippen LogP contribution in [0.5, 0.6) is 0 Å². The molecule has 2 aromatic rings. The van der Waals surface area contributed by atoms with E-state index >= 15 is 0 Å². The summed E-state index contributed by atoms with van der Waals surface area (Å²) in [6, 6.07) is 1.94. The van der Waals surface area contributed by atoms with Gasteiger partial charge >= 0.3 is 0 Å². The van der Waals surface area contributed by atoms with Crippen LogP contribution in [0.3, 0.4) is 0 Å². The molecule has 0 radical (unpaired) electrons. The van der Waals surface area contributed by atoms with E-state index in [1.54, 1.807) is 35.5 Å². The van der Waals surface area contributed by atoms with Gasteiger partial charge in [0.05, 0.1) is 22.6 Å². The maximum absolute atomic E-state index is 5.84. The van der Waals surface area contributed by atoms with Crippen molar-refractivity contribution in [3.63, 3.8) is 0 Å². The summed E-state index contributed by atoms with van der Waals surface area (Å²) in [7, 11) is 0. The summed E-state index contributed by atoms with van der Waals surface area (Å²) >= 11 is 3.46. The zero-order chi connectivity index (χ0) is 12.1. The van der Waals surface area contributed by atoms with Crippen LogP contribution in [0.1, 0.15) is 24.0 Å². The molecule has 0 aliphatic carbocycles. The first-order chi connectivity index (χ1) is 8.29. The monoisotopic (exact) mass is 265 g/mol. The fourth-order valence-electron chi connectivity index (χ4n) is 1.42. The van der Waals surface area contributed by atoms with Gasteiger partial charge in [-0.15, -0.1) is 23.1 Å². The molecule has 2 rings (SSSR count). The number of rotatable bonds is 5. The minimum atomic E-state index is 0.738. The Kier molecular flexibility index (Phi) is 4.39. The van der Waals surface area contributed by atoms with Gasteiger partial charge < -0.3 is 5.73 Å². The Bertz CT molecular complexity index is 482. The molecule has 0 saturated heterocycles. The van der Waals surface area contributed by atoms with E-state index in [0.29, 0.717) is 0 Å². The van der Waals surface area contributed by atoms with Crippen molar-refractivity contribution in [3.8, 4) is 0 Å². The molecule has 0 fully saturated rings. The van der Waals surface area contributed by atoms with Crippen LogP contribution >= 0.6 is 23.1 Å². The summed E-state index contributed by atoms with van der Waals surface area (Å²) in [4.78, 5) is 9.64. The molecule has 2 heterocycles. The van der Waals surface area contributed by atoms with Gasteiger partial charge in [0.1, 0.15) is 0 Å². The first-order valence-electron chi connectivity index (χ1n) is 5.55. The van der Waals surface area contributed by atoms with Crippen molar-refractivity contribution in [2.75, 3.05) is 5.73 Å². The molecule has 0 spiro atoms. The van der Waals surface area contributed by atoms with Gasteiger partial charge in [0.25, 0.3) is 0 Å². The average molecular weight is 265 g/mol. The zero-order valence-electron chi connectivity index (χ0n) is 9.72. The van der Waals surface area contributed by atoms with Crippen LogP contribution in [-0.2, 0) is 12.2 Å². The number of hydrogen-bond donors (Lipinski definition) is 1. The van der Waals surface area contributed by atoms with Gasteiger partial charge in [0.2, 0.25) is 0 Å². The Morgan fingerprint density at radius 3 is 3.12 bits per heavy atom. The summed E-state index contributed by atoms with van der Waals surface area (Å²) in [6.07, 6.45) is 5.68. The predicted octanol–water partition coefficient (Wildman–Crippen LogP) is 3.37. The standard InChI is InChI=1S/C12H15N3S2/c1-2-3-12-15-9(8-17-12)7-16-11-4-5-14-6-10(11)13/h4-6,8H,2-3,7,13H2,1H3. The molecule has 0 aromatic carbocycles. The lowest BCUT2D eigenvalue weighted by atomic mass is 10.3. The van der Waals surface area contributed by atoms with Crippen LogP contribution < -0.4 is 5.73 Å². The van der Waals surface area contributed by atoms with Crippen LogP contribution in [0.4, 0.5) is 5.69 Å².